The molecule has 0 unspecified atom stereocenters. The molecule has 0 spiro atoms. The first-order valence-corrected chi connectivity index (χ1v) is 10.9. The smallest absolute Gasteiger partial charge is 0.258 e. The number of amides is 2. The summed E-state index contributed by atoms with van der Waals surface area (Å²) in [5.41, 5.74) is 2.61. The summed E-state index contributed by atoms with van der Waals surface area (Å²) in [4.78, 5) is 33.5. The van der Waals surface area contributed by atoms with Crippen molar-refractivity contribution in [3.05, 3.63) is 86.9 Å². The molecule has 4 aromatic rings. The maximum absolute atomic E-state index is 13.8. The number of fused-ring (bicyclic) bond motifs is 1. The Bertz CT molecular complexity index is 1420. The van der Waals surface area contributed by atoms with E-state index in [1.54, 1.807) is 31.2 Å². The molecular formula is C24H19Cl2FN4O3. The third-order valence-electron chi connectivity index (χ3n) is 5.13. The predicted octanol–water partition coefficient (Wildman–Crippen LogP) is 5.97. The number of aromatic amines is 1. The van der Waals surface area contributed by atoms with Gasteiger partial charge in [0.1, 0.15) is 23.8 Å². The van der Waals surface area contributed by atoms with Gasteiger partial charge in [0.25, 0.3) is 11.8 Å². The molecule has 7 nitrogen and oxygen atoms in total. The Balaban J connectivity index is 1.74. The SMILES string of the molecule is COCc1nc2c(C(=O)Nc3cccc(Cl)c3C)cc(NC(=O)c3cccc(F)c3Cl)cc2[nH]1. The number of ether oxygens (including phenoxy) is 1. The molecule has 4 rings (SSSR count). The van der Waals surface area contributed by atoms with E-state index in [0.717, 1.165) is 6.07 Å². The van der Waals surface area contributed by atoms with Crippen LogP contribution in [0.1, 0.15) is 32.1 Å². The highest BCUT2D eigenvalue weighted by atomic mass is 35.5. The highest BCUT2D eigenvalue weighted by Gasteiger charge is 2.19. The number of nitrogens with zero attached hydrogens (tertiary/aromatic N) is 1. The Morgan fingerprint density at radius 1 is 1.06 bits per heavy atom. The normalized spacial score (nSPS) is 11.0. The zero-order chi connectivity index (χ0) is 24.4. The average molecular weight is 501 g/mol. The highest BCUT2D eigenvalue weighted by Crippen LogP contribution is 2.28. The van der Waals surface area contributed by atoms with Crippen molar-refractivity contribution in [2.75, 3.05) is 17.7 Å². The predicted molar refractivity (Wildman–Crippen MR) is 130 cm³/mol. The fourth-order valence-corrected chi connectivity index (χ4v) is 3.82. The zero-order valence-electron chi connectivity index (χ0n) is 18.1. The summed E-state index contributed by atoms with van der Waals surface area (Å²) in [7, 11) is 1.52. The molecule has 1 aromatic heterocycles. The quantitative estimate of drug-likeness (QED) is 0.304. The number of imidazole rings is 1. The molecule has 0 fully saturated rings. The van der Waals surface area contributed by atoms with Crippen LogP contribution in [0.3, 0.4) is 0 Å². The topological polar surface area (TPSA) is 96.1 Å². The number of hydrogen-bond donors (Lipinski definition) is 3. The second-order valence-corrected chi connectivity index (χ2v) is 8.24. The summed E-state index contributed by atoms with van der Waals surface area (Å²) >= 11 is 12.1. The number of carbonyl (C=O) groups excluding carboxylic acids is 2. The van der Waals surface area contributed by atoms with Gasteiger partial charge in [-0.15, -0.1) is 0 Å². The minimum Gasteiger partial charge on any atom is -0.377 e. The summed E-state index contributed by atoms with van der Waals surface area (Å²) in [5.74, 6) is -1.29. The Kier molecular flexibility index (Phi) is 6.83. The summed E-state index contributed by atoms with van der Waals surface area (Å²) < 4.78 is 18.9. The van der Waals surface area contributed by atoms with Crippen LogP contribution >= 0.6 is 23.2 Å². The monoisotopic (exact) mass is 500 g/mol. The van der Waals surface area contributed by atoms with Crippen molar-refractivity contribution < 1.29 is 18.7 Å². The fraction of sp³-hybridized carbons (Fsp3) is 0.125. The summed E-state index contributed by atoms with van der Waals surface area (Å²) in [6, 6.07) is 12.2. The second kappa shape index (κ2) is 9.80. The summed E-state index contributed by atoms with van der Waals surface area (Å²) in [5, 5.41) is 5.73. The molecule has 2 amide bonds. The molecule has 1 heterocycles. The molecule has 34 heavy (non-hydrogen) atoms. The van der Waals surface area contributed by atoms with Crippen LogP contribution in [0.15, 0.2) is 48.5 Å². The van der Waals surface area contributed by atoms with Crippen LogP contribution in [-0.4, -0.2) is 28.9 Å². The standard InChI is InChI=1S/C24H19Cl2FN4O3/c1-12-16(25)6-4-8-18(12)30-24(33)15-9-13(10-19-22(15)31-20(29-19)11-34-2)28-23(32)14-5-3-7-17(27)21(14)26/h3-10H,11H2,1-2H3,(H,28,32)(H,29,31)(H,30,33). The Morgan fingerprint density at radius 3 is 2.56 bits per heavy atom. The number of rotatable bonds is 6. The number of hydrogen-bond acceptors (Lipinski definition) is 4. The lowest BCUT2D eigenvalue weighted by molar-refractivity contribution is 0.101. The van der Waals surface area contributed by atoms with Gasteiger partial charge in [0.15, 0.2) is 0 Å². The molecule has 174 valence electrons. The number of carbonyl (C=O) groups is 2. The van der Waals surface area contributed by atoms with Crippen molar-refractivity contribution in [2.24, 2.45) is 0 Å². The van der Waals surface area contributed by atoms with E-state index in [9.17, 15) is 14.0 Å². The molecular weight excluding hydrogens is 482 g/mol. The van der Waals surface area contributed by atoms with Crippen molar-refractivity contribution in [3.63, 3.8) is 0 Å². The Labute approximate surface area is 204 Å². The first-order valence-electron chi connectivity index (χ1n) is 10.1. The molecule has 3 N–H and O–H groups in total. The maximum Gasteiger partial charge on any atom is 0.258 e. The van der Waals surface area contributed by atoms with Crippen molar-refractivity contribution in [1.29, 1.82) is 0 Å². The lowest BCUT2D eigenvalue weighted by Crippen LogP contribution is -2.16. The van der Waals surface area contributed by atoms with Crippen molar-refractivity contribution in [1.82, 2.24) is 9.97 Å². The van der Waals surface area contributed by atoms with E-state index in [1.807, 2.05) is 0 Å². The lowest BCUT2D eigenvalue weighted by atomic mass is 10.1. The number of H-pyrrole nitrogens is 1. The van der Waals surface area contributed by atoms with Crippen molar-refractivity contribution in [2.45, 2.75) is 13.5 Å². The van der Waals surface area contributed by atoms with E-state index in [1.165, 1.54) is 25.3 Å². The van der Waals surface area contributed by atoms with Gasteiger partial charge in [-0.2, -0.15) is 0 Å². The van der Waals surface area contributed by atoms with Gasteiger partial charge >= 0.3 is 0 Å². The third kappa shape index (κ3) is 4.75. The van der Waals surface area contributed by atoms with E-state index in [0.29, 0.717) is 38.8 Å². The number of halogens is 3. The van der Waals surface area contributed by atoms with E-state index >= 15 is 0 Å². The molecule has 0 bridgehead atoms. The Morgan fingerprint density at radius 2 is 1.79 bits per heavy atom. The first-order chi connectivity index (χ1) is 16.3. The maximum atomic E-state index is 13.8. The molecule has 0 saturated carbocycles. The van der Waals surface area contributed by atoms with Crippen LogP contribution in [0.5, 0.6) is 0 Å². The van der Waals surface area contributed by atoms with Gasteiger partial charge in [-0.25, -0.2) is 9.37 Å². The van der Waals surface area contributed by atoms with Crippen LogP contribution in [0, 0.1) is 12.7 Å². The van der Waals surface area contributed by atoms with Gasteiger partial charge in [-0.1, -0.05) is 35.3 Å². The van der Waals surface area contributed by atoms with E-state index in [-0.39, 0.29) is 22.8 Å². The Hall–Kier alpha value is -3.46. The van der Waals surface area contributed by atoms with E-state index in [4.69, 9.17) is 27.9 Å². The molecule has 0 saturated heterocycles. The van der Waals surface area contributed by atoms with Gasteiger partial charge in [0.2, 0.25) is 0 Å². The minimum absolute atomic E-state index is 0.0352. The van der Waals surface area contributed by atoms with Gasteiger partial charge < -0.3 is 20.4 Å². The molecule has 3 aromatic carbocycles. The molecule has 10 heteroatoms. The van der Waals surface area contributed by atoms with Gasteiger partial charge in [0, 0.05) is 23.5 Å². The summed E-state index contributed by atoms with van der Waals surface area (Å²) in [6.07, 6.45) is 0. The van der Waals surface area contributed by atoms with Gasteiger partial charge in [0.05, 0.1) is 21.7 Å². The molecule has 0 radical (unpaired) electrons. The van der Waals surface area contributed by atoms with Crippen LogP contribution in [0.2, 0.25) is 10.0 Å². The first kappa shape index (κ1) is 23.7. The minimum atomic E-state index is -0.709. The number of benzene rings is 3. The largest absolute Gasteiger partial charge is 0.377 e. The highest BCUT2D eigenvalue weighted by molar-refractivity contribution is 6.34. The summed E-state index contributed by atoms with van der Waals surface area (Å²) in [6.45, 7) is 1.99. The van der Waals surface area contributed by atoms with E-state index < -0.39 is 17.6 Å². The van der Waals surface area contributed by atoms with Crippen LogP contribution in [0.4, 0.5) is 15.8 Å². The number of anilines is 2. The van der Waals surface area contributed by atoms with Gasteiger partial charge in [-0.05, 0) is 48.9 Å². The lowest BCUT2D eigenvalue weighted by Gasteiger charge is -2.12. The van der Waals surface area contributed by atoms with Crippen LogP contribution in [-0.2, 0) is 11.3 Å². The van der Waals surface area contributed by atoms with Crippen LogP contribution in [0.25, 0.3) is 11.0 Å². The van der Waals surface area contributed by atoms with Crippen molar-refractivity contribution >= 4 is 57.4 Å². The fourth-order valence-electron chi connectivity index (χ4n) is 3.43. The molecule has 0 atom stereocenters. The average Bonchev–Trinajstić information content (AvgIpc) is 3.20. The third-order valence-corrected chi connectivity index (χ3v) is 5.92. The van der Waals surface area contributed by atoms with Crippen molar-refractivity contribution in [3.8, 4) is 0 Å². The van der Waals surface area contributed by atoms with Gasteiger partial charge in [-0.3, -0.25) is 9.59 Å². The number of aromatic nitrogens is 2. The zero-order valence-corrected chi connectivity index (χ0v) is 19.6. The molecule has 0 aliphatic carbocycles. The number of nitrogens with one attached hydrogen (secondary N) is 3. The molecule has 0 aliphatic rings. The van der Waals surface area contributed by atoms with Crippen LogP contribution < -0.4 is 10.6 Å². The number of methoxy groups -OCH3 is 1. The molecule has 0 aliphatic heterocycles. The van der Waals surface area contributed by atoms with E-state index in [2.05, 4.69) is 20.6 Å². The second-order valence-electron chi connectivity index (χ2n) is 7.46.